The highest BCUT2D eigenvalue weighted by Crippen LogP contribution is 2.46. The standard InChI is InChI=1S/C21H25BrN2OS/c1-4-21(2,3)13-7-10-15-16(11-13)26-20-17(15)19(25)23-18(24-20)12-5-8-14(22)9-6-12/h5-6,8-9,13,18,24H,4,7,10-11H2,1-3H3,(H,23,25)/t13-,18+/m0/s1. The first-order chi connectivity index (χ1) is 12.4. The topological polar surface area (TPSA) is 41.1 Å². The maximum atomic E-state index is 12.9. The summed E-state index contributed by atoms with van der Waals surface area (Å²) in [5.41, 5.74) is 3.61. The minimum absolute atomic E-state index is 0.0670. The number of amides is 1. The number of nitrogens with one attached hydrogen (secondary N) is 2. The first kappa shape index (κ1) is 18.1. The normalized spacial score (nSPS) is 22.2. The minimum atomic E-state index is -0.161. The van der Waals surface area contributed by atoms with Gasteiger partial charge in [-0.15, -0.1) is 11.3 Å². The van der Waals surface area contributed by atoms with E-state index >= 15 is 0 Å². The van der Waals surface area contributed by atoms with E-state index in [0.717, 1.165) is 33.4 Å². The fraction of sp³-hybridized carbons (Fsp3) is 0.476. The lowest BCUT2D eigenvalue weighted by molar-refractivity contribution is 0.0934. The summed E-state index contributed by atoms with van der Waals surface area (Å²) in [7, 11) is 0. The molecule has 1 aliphatic carbocycles. The van der Waals surface area contributed by atoms with E-state index in [1.165, 1.54) is 23.3 Å². The summed E-state index contributed by atoms with van der Waals surface area (Å²) in [6, 6.07) is 8.10. The summed E-state index contributed by atoms with van der Waals surface area (Å²) in [6.45, 7) is 7.04. The molecule has 0 unspecified atom stereocenters. The van der Waals surface area contributed by atoms with Gasteiger partial charge in [0.2, 0.25) is 0 Å². The molecular formula is C21H25BrN2OS. The van der Waals surface area contributed by atoms with Crippen molar-refractivity contribution in [2.24, 2.45) is 11.3 Å². The molecule has 0 radical (unpaired) electrons. The predicted octanol–water partition coefficient (Wildman–Crippen LogP) is 5.91. The Bertz CT molecular complexity index is 840. The fourth-order valence-corrected chi connectivity index (χ4v) is 5.69. The zero-order valence-electron chi connectivity index (χ0n) is 15.5. The molecular weight excluding hydrogens is 408 g/mol. The molecule has 26 heavy (non-hydrogen) atoms. The van der Waals surface area contributed by atoms with Gasteiger partial charge in [-0.1, -0.05) is 55.3 Å². The van der Waals surface area contributed by atoms with Crippen molar-refractivity contribution in [1.82, 2.24) is 5.32 Å². The number of benzene rings is 1. The molecule has 0 saturated carbocycles. The van der Waals surface area contributed by atoms with Crippen LogP contribution in [0.1, 0.15) is 66.1 Å². The maximum absolute atomic E-state index is 12.9. The van der Waals surface area contributed by atoms with Crippen LogP contribution in [0.2, 0.25) is 0 Å². The third-order valence-electron chi connectivity index (χ3n) is 6.26. The van der Waals surface area contributed by atoms with Crippen molar-refractivity contribution in [2.75, 3.05) is 5.32 Å². The Kier molecular flexibility index (Phi) is 4.64. The van der Waals surface area contributed by atoms with Crippen LogP contribution in [-0.2, 0) is 12.8 Å². The van der Waals surface area contributed by atoms with E-state index in [-0.39, 0.29) is 12.1 Å². The smallest absolute Gasteiger partial charge is 0.256 e. The lowest BCUT2D eigenvalue weighted by Crippen LogP contribution is -2.38. The van der Waals surface area contributed by atoms with E-state index in [9.17, 15) is 4.79 Å². The molecule has 2 aromatic rings. The lowest BCUT2D eigenvalue weighted by atomic mass is 9.69. The van der Waals surface area contributed by atoms with E-state index < -0.39 is 0 Å². The molecule has 1 aromatic heterocycles. The van der Waals surface area contributed by atoms with Crippen molar-refractivity contribution in [3.8, 4) is 0 Å². The van der Waals surface area contributed by atoms with Crippen LogP contribution in [0.15, 0.2) is 28.7 Å². The molecule has 2 atom stereocenters. The molecule has 0 fully saturated rings. The summed E-state index contributed by atoms with van der Waals surface area (Å²) in [6.07, 6.45) is 4.34. The predicted molar refractivity (Wildman–Crippen MR) is 112 cm³/mol. The molecule has 1 aromatic carbocycles. The number of anilines is 1. The molecule has 0 bridgehead atoms. The van der Waals surface area contributed by atoms with Crippen molar-refractivity contribution in [1.29, 1.82) is 0 Å². The van der Waals surface area contributed by atoms with E-state index in [2.05, 4.69) is 47.3 Å². The number of hydrogen-bond acceptors (Lipinski definition) is 3. The number of rotatable bonds is 3. The third-order valence-corrected chi connectivity index (χ3v) is 7.98. The molecule has 2 aliphatic rings. The first-order valence-electron chi connectivity index (χ1n) is 9.36. The van der Waals surface area contributed by atoms with Gasteiger partial charge in [0.15, 0.2) is 0 Å². The highest BCUT2D eigenvalue weighted by atomic mass is 79.9. The Morgan fingerprint density at radius 1 is 1.23 bits per heavy atom. The summed E-state index contributed by atoms with van der Waals surface area (Å²) in [5.74, 6) is 0.766. The van der Waals surface area contributed by atoms with E-state index in [4.69, 9.17) is 0 Å². The Hall–Kier alpha value is -1.33. The van der Waals surface area contributed by atoms with Gasteiger partial charge in [0, 0.05) is 9.35 Å². The zero-order chi connectivity index (χ0) is 18.5. The van der Waals surface area contributed by atoms with Crippen molar-refractivity contribution in [2.45, 2.75) is 52.6 Å². The van der Waals surface area contributed by atoms with E-state index in [1.807, 2.05) is 24.3 Å². The number of thiophene rings is 1. The highest BCUT2D eigenvalue weighted by Gasteiger charge is 2.37. The van der Waals surface area contributed by atoms with Gasteiger partial charge in [-0.3, -0.25) is 4.79 Å². The van der Waals surface area contributed by atoms with Crippen molar-refractivity contribution in [3.63, 3.8) is 0 Å². The SMILES string of the molecule is CCC(C)(C)[C@H]1CCc2c(sc3c2C(=O)N[C@@H](c2ccc(Br)cc2)N3)C1. The van der Waals surface area contributed by atoms with Crippen LogP contribution in [0.4, 0.5) is 5.00 Å². The molecule has 1 amide bonds. The highest BCUT2D eigenvalue weighted by molar-refractivity contribution is 9.10. The van der Waals surface area contributed by atoms with Gasteiger partial charge in [0.1, 0.15) is 11.2 Å². The number of hydrogen-bond donors (Lipinski definition) is 2. The second kappa shape index (κ2) is 6.68. The van der Waals surface area contributed by atoms with Crippen molar-refractivity contribution >= 4 is 38.2 Å². The van der Waals surface area contributed by atoms with Crippen LogP contribution < -0.4 is 10.6 Å². The Labute approximate surface area is 167 Å². The second-order valence-electron chi connectivity index (χ2n) is 8.09. The molecule has 2 N–H and O–H groups in total. The van der Waals surface area contributed by atoms with Crippen LogP contribution in [0.3, 0.4) is 0 Å². The Balaban J connectivity index is 1.63. The quantitative estimate of drug-likeness (QED) is 0.632. The molecule has 0 spiro atoms. The van der Waals surface area contributed by atoms with Crippen LogP contribution in [0.5, 0.6) is 0 Å². The number of carbonyl (C=O) groups excluding carboxylic acids is 1. The monoisotopic (exact) mass is 432 g/mol. The van der Waals surface area contributed by atoms with E-state index in [0.29, 0.717) is 11.3 Å². The Morgan fingerprint density at radius 2 is 1.96 bits per heavy atom. The summed E-state index contributed by atoms with van der Waals surface area (Å²) in [5, 5.41) is 7.74. The van der Waals surface area contributed by atoms with Crippen molar-refractivity contribution in [3.05, 3.63) is 50.3 Å². The number of halogens is 1. The fourth-order valence-electron chi connectivity index (χ4n) is 4.08. The summed E-state index contributed by atoms with van der Waals surface area (Å²) < 4.78 is 1.04. The molecule has 1 aliphatic heterocycles. The first-order valence-corrected chi connectivity index (χ1v) is 11.0. The van der Waals surface area contributed by atoms with Crippen LogP contribution in [0, 0.1) is 11.3 Å². The van der Waals surface area contributed by atoms with Gasteiger partial charge in [-0.25, -0.2) is 0 Å². The Morgan fingerprint density at radius 3 is 2.65 bits per heavy atom. The summed E-state index contributed by atoms with van der Waals surface area (Å²) >= 11 is 5.26. The van der Waals surface area contributed by atoms with Crippen molar-refractivity contribution < 1.29 is 4.79 Å². The maximum Gasteiger partial charge on any atom is 0.256 e. The number of carbonyl (C=O) groups is 1. The van der Waals surface area contributed by atoms with Crippen LogP contribution >= 0.6 is 27.3 Å². The largest absolute Gasteiger partial charge is 0.353 e. The molecule has 3 nitrogen and oxygen atoms in total. The minimum Gasteiger partial charge on any atom is -0.353 e. The van der Waals surface area contributed by atoms with Crippen LogP contribution in [-0.4, -0.2) is 5.91 Å². The lowest BCUT2D eigenvalue weighted by Gasteiger charge is -2.36. The zero-order valence-corrected chi connectivity index (χ0v) is 17.9. The van der Waals surface area contributed by atoms with Gasteiger partial charge in [-0.05, 0) is 53.9 Å². The van der Waals surface area contributed by atoms with Crippen LogP contribution in [0.25, 0.3) is 0 Å². The van der Waals surface area contributed by atoms with Gasteiger partial charge in [-0.2, -0.15) is 0 Å². The van der Waals surface area contributed by atoms with Gasteiger partial charge >= 0.3 is 0 Å². The third kappa shape index (κ3) is 3.09. The number of fused-ring (bicyclic) bond motifs is 3. The van der Waals surface area contributed by atoms with Gasteiger partial charge in [0.25, 0.3) is 5.91 Å². The summed E-state index contributed by atoms with van der Waals surface area (Å²) in [4.78, 5) is 14.3. The molecule has 138 valence electrons. The second-order valence-corrected chi connectivity index (χ2v) is 10.1. The molecule has 4 rings (SSSR count). The molecule has 2 heterocycles. The molecule has 0 saturated heterocycles. The average Bonchev–Trinajstić information content (AvgIpc) is 3.00. The molecule has 5 heteroatoms. The van der Waals surface area contributed by atoms with Gasteiger partial charge < -0.3 is 10.6 Å². The average molecular weight is 433 g/mol. The van der Waals surface area contributed by atoms with Gasteiger partial charge in [0.05, 0.1) is 5.56 Å². The van der Waals surface area contributed by atoms with E-state index in [1.54, 1.807) is 11.3 Å².